The second-order valence-corrected chi connectivity index (χ2v) is 7.79. The van der Waals surface area contributed by atoms with Gasteiger partial charge in [0, 0.05) is 47.1 Å². The lowest BCUT2D eigenvalue weighted by Crippen LogP contribution is -2.28. The van der Waals surface area contributed by atoms with Gasteiger partial charge in [0.25, 0.3) is 0 Å². The number of hydrogen-bond donors (Lipinski definition) is 2. The van der Waals surface area contributed by atoms with E-state index in [2.05, 4.69) is 32.2 Å². The molecule has 2 N–H and O–H groups in total. The minimum absolute atomic E-state index is 0.482. The van der Waals surface area contributed by atoms with Gasteiger partial charge in [-0.05, 0) is 48.9 Å². The number of halogens is 1. The number of aliphatic hydroxyl groups is 1. The summed E-state index contributed by atoms with van der Waals surface area (Å²) in [5.74, 6) is 0.963. The van der Waals surface area contributed by atoms with Crippen LogP contribution in [0, 0.1) is 11.8 Å². The van der Waals surface area contributed by atoms with E-state index in [-0.39, 0.29) is 0 Å². The van der Waals surface area contributed by atoms with Crippen LogP contribution in [0.2, 0.25) is 5.02 Å². The Labute approximate surface area is 150 Å². The maximum atomic E-state index is 11.4. The number of nitrogens with zero attached hydrogens (tertiary/aromatic N) is 3. The summed E-state index contributed by atoms with van der Waals surface area (Å²) in [6.45, 7) is 1.95. The zero-order valence-electron chi connectivity index (χ0n) is 13.7. The predicted molar refractivity (Wildman–Crippen MR) is 97.7 cm³/mol. The molecule has 3 aromatic rings. The fourth-order valence-electron chi connectivity index (χ4n) is 4.73. The predicted octanol–water partition coefficient (Wildman–Crippen LogP) is 3.35. The van der Waals surface area contributed by atoms with E-state index in [1.54, 1.807) is 6.20 Å². The van der Waals surface area contributed by atoms with Crippen LogP contribution in [0.25, 0.3) is 10.9 Å². The molecule has 1 saturated heterocycles. The van der Waals surface area contributed by atoms with Crippen LogP contribution in [0.5, 0.6) is 0 Å². The average molecular weight is 355 g/mol. The molecule has 3 atom stereocenters. The molecular formula is C19H19ClN4O. The van der Waals surface area contributed by atoms with E-state index < -0.39 is 5.60 Å². The van der Waals surface area contributed by atoms with Crippen molar-refractivity contribution in [3.8, 4) is 0 Å². The number of hydrogen-bond acceptors (Lipinski definition) is 4. The van der Waals surface area contributed by atoms with Gasteiger partial charge in [-0.25, -0.2) is 0 Å². The standard InChI is InChI=1S/C19H19ClN4O/c20-15-5-12-9-22-23-18(12)17(6-15)19(25)7-13-10-24(11-14(13)8-19)16-1-3-21-4-2-16/h1-6,9,13-14,25H,7-8,10-11H2,(H,22,23)/t13-,14?,19?/m1/s1. The Morgan fingerprint density at radius 3 is 2.60 bits per heavy atom. The zero-order chi connectivity index (χ0) is 17.0. The maximum absolute atomic E-state index is 11.4. The lowest BCUT2D eigenvalue weighted by Gasteiger charge is -2.27. The molecule has 0 radical (unpaired) electrons. The van der Waals surface area contributed by atoms with Gasteiger partial charge in [-0.2, -0.15) is 5.10 Å². The van der Waals surface area contributed by atoms with Crippen molar-refractivity contribution in [2.24, 2.45) is 11.8 Å². The fourth-order valence-corrected chi connectivity index (χ4v) is 4.95. The normalized spacial score (nSPS) is 28.6. The molecule has 0 amide bonds. The summed E-state index contributed by atoms with van der Waals surface area (Å²) in [6, 6.07) is 7.88. The van der Waals surface area contributed by atoms with Gasteiger partial charge in [0.2, 0.25) is 0 Å². The van der Waals surface area contributed by atoms with Crippen LogP contribution in [-0.4, -0.2) is 33.4 Å². The fraction of sp³-hybridized carbons (Fsp3) is 0.368. The van der Waals surface area contributed by atoms with Gasteiger partial charge in [0.15, 0.2) is 0 Å². The summed E-state index contributed by atoms with van der Waals surface area (Å²) in [7, 11) is 0. The average Bonchev–Trinajstić information content (AvgIpc) is 3.28. The number of anilines is 1. The van der Waals surface area contributed by atoms with Crippen molar-refractivity contribution in [3.05, 3.63) is 53.4 Å². The Kier molecular flexibility index (Phi) is 3.30. The Hall–Kier alpha value is -2.11. The topological polar surface area (TPSA) is 65.0 Å². The second kappa shape index (κ2) is 5.44. The van der Waals surface area contributed by atoms with Crippen molar-refractivity contribution in [3.63, 3.8) is 0 Å². The Balaban J connectivity index is 1.44. The third kappa shape index (κ3) is 2.41. The largest absolute Gasteiger partial charge is 0.385 e. The van der Waals surface area contributed by atoms with Crippen molar-refractivity contribution in [2.45, 2.75) is 18.4 Å². The minimum Gasteiger partial charge on any atom is -0.385 e. The van der Waals surface area contributed by atoms with Crippen molar-refractivity contribution in [1.82, 2.24) is 15.2 Å². The van der Waals surface area contributed by atoms with Crippen molar-refractivity contribution < 1.29 is 5.11 Å². The van der Waals surface area contributed by atoms with Crippen LogP contribution in [0.15, 0.2) is 42.9 Å². The summed E-state index contributed by atoms with van der Waals surface area (Å²) >= 11 is 6.28. The smallest absolute Gasteiger partial charge is 0.0924 e. The van der Waals surface area contributed by atoms with E-state index in [1.165, 1.54) is 5.69 Å². The van der Waals surface area contributed by atoms with E-state index in [0.717, 1.165) is 42.4 Å². The molecule has 0 spiro atoms. The Morgan fingerprint density at radius 2 is 1.88 bits per heavy atom. The molecule has 6 heteroatoms. The highest BCUT2D eigenvalue weighted by molar-refractivity contribution is 6.31. The molecule has 3 heterocycles. The highest BCUT2D eigenvalue weighted by Crippen LogP contribution is 2.51. The van der Waals surface area contributed by atoms with Gasteiger partial charge in [0.1, 0.15) is 0 Å². The van der Waals surface area contributed by atoms with Crippen LogP contribution >= 0.6 is 11.6 Å². The summed E-state index contributed by atoms with van der Waals surface area (Å²) in [5, 5.41) is 20.2. The molecule has 1 aromatic carbocycles. The van der Waals surface area contributed by atoms with Gasteiger partial charge in [0.05, 0.1) is 17.3 Å². The number of nitrogens with one attached hydrogen (secondary N) is 1. The quantitative estimate of drug-likeness (QED) is 0.740. The van der Waals surface area contributed by atoms with Gasteiger partial charge in [-0.15, -0.1) is 0 Å². The van der Waals surface area contributed by atoms with Gasteiger partial charge < -0.3 is 10.0 Å². The van der Waals surface area contributed by atoms with E-state index in [4.69, 9.17) is 11.6 Å². The first-order chi connectivity index (χ1) is 12.1. The summed E-state index contributed by atoms with van der Waals surface area (Å²) < 4.78 is 0. The second-order valence-electron chi connectivity index (χ2n) is 7.36. The molecule has 5 nitrogen and oxygen atoms in total. The number of pyridine rings is 1. The van der Waals surface area contributed by atoms with Gasteiger partial charge in [-0.3, -0.25) is 10.1 Å². The molecule has 1 aliphatic carbocycles. The lowest BCUT2D eigenvalue weighted by molar-refractivity contribution is 0.0379. The summed E-state index contributed by atoms with van der Waals surface area (Å²) in [6.07, 6.45) is 6.94. The van der Waals surface area contributed by atoms with E-state index >= 15 is 0 Å². The molecule has 2 aromatic heterocycles. The number of H-pyrrole nitrogens is 1. The van der Waals surface area contributed by atoms with Gasteiger partial charge in [-0.1, -0.05) is 11.6 Å². The molecular weight excluding hydrogens is 336 g/mol. The first kappa shape index (κ1) is 15.2. The molecule has 25 heavy (non-hydrogen) atoms. The van der Waals surface area contributed by atoms with Gasteiger partial charge >= 0.3 is 0 Å². The Morgan fingerprint density at radius 1 is 1.16 bits per heavy atom. The van der Waals surface area contributed by atoms with Crippen LogP contribution < -0.4 is 4.90 Å². The maximum Gasteiger partial charge on any atom is 0.0924 e. The van der Waals surface area contributed by atoms with E-state index in [9.17, 15) is 5.11 Å². The molecule has 128 valence electrons. The molecule has 2 aliphatic rings. The number of aromatic amines is 1. The van der Waals surface area contributed by atoms with Crippen LogP contribution in [0.1, 0.15) is 18.4 Å². The summed E-state index contributed by atoms with van der Waals surface area (Å²) in [4.78, 5) is 6.50. The van der Waals surface area contributed by atoms with Crippen molar-refractivity contribution in [2.75, 3.05) is 18.0 Å². The SMILES string of the molecule is OC1(c2cc(Cl)cc3cn[nH]c23)CC2CN(c3ccncc3)C[C@H]2C1. The minimum atomic E-state index is -0.838. The van der Waals surface area contributed by atoms with Crippen LogP contribution in [-0.2, 0) is 5.60 Å². The molecule has 2 unspecified atom stereocenters. The van der Waals surface area contributed by atoms with E-state index in [0.29, 0.717) is 16.9 Å². The number of rotatable bonds is 2. The molecule has 2 fully saturated rings. The number of benzene rings is 1. The monoisotopic (exact) mass is 354 g/mol. The third-order valence-corrected chi connectivity index (χ3v) is 6.04. The Bertz CT molecular complexity index is 912. The summed E-state index contributed by atoms with van der Waals surface area (Å²) in [5.41, 5.74) is 2.16. The lowest BCUT2D eigenvalue weighted by atomic mass is 9.89. The van der Waals surface area contributed by atoms with Crippen LogP contribution in [0.3, 0.4) is 0 Å². The molecule has 1 aliphatic heterocycles. The number of aromatic nitrogens is 3. The first-order valence-corrected chi connectivity index (χ1v) is 9.01. The third-order valence-electron chi connectivity index (χ3n) is 5.82. The molecule has 0 bridgehead atoms. The van der Waals surface area contributed by atoms with Crippen molar-refractivity contribution in [1.29, 1.82) is 0 Å². The van der Waals surface area contributed by atoms with Crippen molar-refractivity contribution >= 4 is 28.2 Å². The molecule has 5 rings (SSSR count). The number of fused-ring (bicyclic) bond motifs is 2. The van der Waals surface area contributed by atoms with Crippen LogP contribution in [0.4, 0.5) is 5.69 Å². The molecule has 1 saturated carbocycles. The zero-order valence-corrected chi connectivity index (χ0v) is 14.4. The van der Waals surface area contributed by atoms with E-state index in [1.807, 2.05) is 24.5 Å². The highest BCUT2D eigenvalue weighted by Gasteiger charge is 2.49. The first-order valence-electron chi connectivity index (χ1n) is 8.63. The highest BCUT2D eigenvalue weighted by atomic mass is 35.5.